The molecule has 0 aromatic heterocycles. The predicted molar refractivity (Wildman–Crippen MR) is 135 cm³/mol. The molecule has 0 unspecified atom stereocenters. The van der Waals surface area contributed by atoms with Gasteiger partial charge in [0.05, 0.1) is 5.02 Å². The number of halogens is 1. The minimum absolute atomic E-state index is 0.0614. The van der Waals surface area contributed by atoms with Crippen LogP contribution in [0.25, 0.3) is 11.1 Å². The summed E-state index contributed by atoms with van der Waals surface area (Å²) in [6.45, 7) is 5.40. The van der Waals surface area contributed by atoms with Gasteiger partial charge in [0.1, 0.15) is 24.0 Å². The Kier molecular flexibility index (Phi) is 7.03. The first kappa shape index (κ1) is 24.6. The van der Waals surface area contributed by atoms with E-state index in [9.17, 15) is 14.7 Å². The third-order valence-electron chi connectivity index (χ3n) is 5.78. The second-order valence-electron chi connectivity index (χ2n) is 9.55. The molecule has 0 spiro atoms. The number of carbonyl (C=O) groups excluding carboxylic acids is 2. The molecule has 3 aromatic rings. The average molecular weight is 494 g/mol. The van der Waals surface area contributed by atoms with Gasteiger partial charge < -0.3 is 19.9 Å². The summed E-state index contributed by atoms with van der Waals surface area (Å²) >= 11 is 6.02. The lowest BCUT2D eigenvalue weighted by Gasteiger charge is -2.25. The zero-order valence-electron chi connectivity index (χ0n) is 19.9. The predicted octanol–water partition coefficient (Wildman–Crippen LogP) is 5.84. The number of nitrogens with one attached hydrogen (secondary N) is 1. The summed E-state index contributed by atoms with van der Waals surface area (Å²) in [5.74, 6) is -0.743. The molecule has 2 N–H and O–H groups in total. The van der Waals surface area contributed by atoms with Crippen molar-refractivity contribution in [1.29, 1.82) is 0 Å². The van der Waals surface area contributed by atoms with Crippen LogP contribution in [-0.4, -0.2) is 35.4 Å². The Morgan fingerprint density at radius 2 is 1.60 bits per heavy atom. The highest BCUT2D eigenvalue weighted by atomic mass is 35.5. The highest BCUT2D eigenvalue weighted by Crippen LogP contribution is 2.44. The van der Waals surface area contributed by atoms with E-state index in [0.29, 0.717) is 5.56 Å². The zero-order valence-corrected chi connectivity index (χ0v) is 20.6. The van der Waals surface area contributed by atoms with Crippen LogP contribution in [0.4, 0.5) is 4.79 Å². The topological polar surface area (TPSA) is 84.9 Å². The molecule has 7 heteroatoms. The molecule has 35 heavy (non-hydrogen) atoms. The van der Waals surface area contributed by atoms with E-state index < -0.39 is 23.7 Å². The molecule has 1 amide bonds. The molecular formula is C28H28ClNO5. The van der Waals surface area contributed by atoms with Crippen LogP contribution in [-0.2, 0) is 20.7 Å². The van der Waals surface area contributed by atoms with Crippen molar-refractivity contribution in [3.05, 3.63) is 88.4 Å². The van der Waals surface area contributed by atoms with Crippen LogP contribution < -0.4 is 5.32 Å². The molecule has 1 aliphatic rings. The normalized spacial score (nSPS) is 13.5. The van der Waals surface area contributed by atoms with Gasteiger partial charge in [-0.15, -0.1) is 0 Å². The Balaban J connectivity index is 1.48. The highest BCUT2D eigenvalue weighted by Gasteiger charge is 2.31. The minimum atomic E-state index is -0.995. The first-order valence-electron chi connectivity index (χ1n) is 11.4. The standard InChI is InChI=1S/C28H28ClNO5/c1-28(2,3)35-26(32)24(15-17-12-13-25(31)23(29)14-17)30-27(33)34-16-22-20-10-6-4-8-18(20)19-9-5-7-11-21(19)22/h4-14,22,24,31H,15-16H2,1-3H3,(H,30,33)/t24-/m1/s1. The summed E-state index contributed by atoms with van der Waals surface area (Å²) in [6, 6.07) is 19.8. The van der Waals surface area contributed by atoms with Gasteiger partial charge in [-0.2, -0.15) is 0 Å². The Hall–Kier alpha value is -3.51. The van der Waals surface area contributed by atoms with Crippen LogP contribution in [0.3, 0.4) is 0 Å². The highest BCUT2D eigenvalue weighted by molar-refractivity contribution is 6.32. The molecule has 0 saturated carbocycles. The number of alkyl carbamates (subject to hydrolysis) is 1. The number of rotatable bonds is 6. The third kappa shape index (κ3) is 5.77. The second kappa shape index (κ2) is 10.0. The summed E-state index contributed by atoms with van der Waals surface area (Å²) < 4.78 is 11.1. The van der Waals surface area contributed by atoms with Crippen LogP contribution in [0.5, 0.6) is 5.75 Å². The van der Waals surface area contributed by atoms with E-state index in [2.05, 4.69) is 17.4 Å². The fourth-order valence-electron chi connectivity index (χ4n) is 4.26. The van der Waals surface area contributed by atoms with E-state index in [-0.39, 0.29) is 29.7 Å². The Morgan fingerprint density at radius 1 is 1.00 bits per heavy atom. The summed E-state index contributed by atoms with van der Waals surface area (Å²) in [7, 11) is 0. The number of esters is 1. The van der Waals surface area contributed by atoms with E-state index in [0.717, 1.165) is 22.3 Å². The number of fused-ring (bicyclic) bond motifs is 3. The molecule has 6 nitrogen and oxygen atoms in total. The summed E-state index contributed by atoms with van der Waals surface area (Å²) in [5.41, 5.74) is 4.39. The zero-order chi connectivity index (χ0) is 25.2. The van der Waals surface area contributed by atoms with Gasteiger partial charge >= 0.3 is 12.1 Å². The van der Waals surface area contributed by atoms with Crippen LogP contribution >= 0.6 is 11.6 Å². The molecule has 0 saturated heterocycles. The number of amides is 1. The molecule has 1 atom stereocenters. The Labute approximate surface area is 209 Å². The van der Waals surface area contributed by atoms with Gasteiger partial charge in [0.2, 0.25) is 0 Å². The van der Waals surface area contributed by atoms with Crippen LogP contribution in [0, 0.1) is 0 Å². The number of phenols is 1. The number of benzene rings is 3. The maximum atomic E-state index is 12.9. The molecule has 0 bridgehead atoms. The number of hydrogen-bond acceptors (Lipinski definition) is 5. The lowest BCUT2D eigenvalue weighted by Crippen LogP contribution is -2.46. The van der Waals surface area contributed by atoms with E-state index in [1.54, 1.807) is 32.9 Å². The first-order valence-corrected chi connectivity index (χ1v) is 11.8. The summed E-state index contributed by atoms with van der Waals surface area (Å²) in [4.78, 5) is 25.7. The van der Waals surface area contributed by atoms with Crippen LogP contribution in [0.2, 0.25) is 5.02 Å². The van der Waals surface area contributed by atoms with Crippen molar-refractivity contribution >= 4 is 23.7 Å². The number of phenolic OH excluding ortho intramolecular Hbond substituents is 1. The molecule has 0 aliphatic heterocycles. The Morgan fingerprint density at radius 3 is 2.17 bits per heavy atom. The van der Waals surface area contributed by atoms with Gasteiger partial charge in [0.25, 0.3) is 0 Å². The smallest absolute Gasteiger partial charge is 0.407 e. The van der Waals surface area contributed by atoms with Crippen molar-refractivity contribution in [3.8, 4) is 16.9 Å². The largest absolute Gasteiger partial charge is 0.506 e. The summed E-state index contributed by atoms with van der Waals surface area (Å²) in [6.07, 6.45) is -0.591. The molecule has 1 aliphatic carbocycles. The Bertz CT molecular complexity index is 1200. The van der Waals surface area contributed by atoms with Crippen molar-refractivity contribution in [3.63, 3.8) is 0 Å². The van der Waals surface area contributed by atoms with Crippen molar-refractivity contribution in [2.45, 2.75) is 44.8 Å². The van der Waals surface area contributed by atoms with Crippen molar-refractivity contribution in [2.24, 2.45) is 0 Å². The van der Waals surface area contributed by atoms with Gasteiger partial charge in [0.15, 0.2) is 0 Å². The SMILES string of the molecule is CC(C)(C)OC(=O)[C@@H](Cc1ccc(O)c(Cl)c1)NC(=O)OCC1c2ccccc2-c2ccccc21. The third-order valence-corrected chi connectivity index (χ3v) is 6.08. The maximum Gasteiger partial charge on any atom is 0.407 e. The maximum absolute atomic E-state index is 12.9. The number of aromatic hydroxyl groups is 1. The van der Waals surface area contributed by atoms with E-state index in [1.165, 1.54) is 6.07 Å². The minimum Gasteiger partial charge on any atom is -0.506 e. The second-order valence-corrected chi connectivity index (χ2v) is 9.95. The van der Waals surface area contributed by atoms with E-state index >= 15 is 0 Å². The first-order chi connectivity index (χ1) is 16.6. The molecule has 0 radical (unpaired) electrons. The lowest BCUT2D eigenvalue weighted by molar-refractivity contribution is -0.157. The van der Waals surface area contributed by atoms with Gasteiger partial charge in [-0.3, -0.25) is 0 Å². The molecule has 0 fully saturated rings. The number of ether oxygens (including phenoxy) is 2. The van der Waals surface area contributed by atoms with Gasteiger partial charge in [-0.25, -0.2) is 9.59 Å². The monoisotopic (exact) mass is 493 g/mol. The van der Waals surface area contributed by atoms with Crippen molar-refractivity contribution < 1.29 is 24.2 Å². The van der Waals surface area contributed by atoms with Crippen LogP contribution in [0.1, 0.15) is 43.4 Å². The van der Waals surface area contributed by atoms with Gasteiger partial charge in [-0.05, 0) is 60.7 Å². The fourth-order valence-corrected chi connectivity index (χ4v) is 4.46. The molecule has 182 valence electrons. The van der Waals surface area contributed by atoms with Gasteiger partial charge in [0, 0.05) is 12.3 Å². The number of hydrogen-bond donors (Lipinski definition) is 2. The quantitative estimate of drug-likeness (QED) is 0.421. The molecule has 0 heterocycles. The van der Waals surface area contributed by atoms with E-state index in [1.807, 2.05) is 36.4 Å². The lowest BCUT2D eigenvalue weighted by atomic mass is 9.98. The van der Waals surface area contributed by atoms with Crippen molar-refractivity contribution in [2.75, 3.05) is 6.61 Å². The molecule has 3 aromatic carbocycles. The fraction of sp³-hybridized carbons (Fsp3) is 0.286. The van der Waals surface area contributed by atoms with Gasteiger partial charge in [-0.1, -0.05) is 66.2 Å². The summed E-state index contributed by atoms with van der Waals surface area (Å²) in [5, 5.41) is 12.5. The van der Waals surface area contributed by atoms with Crippen molar-refractivity contribution in [1.82, 2.24) is 5.32 Å². The molecule has 4 rings (SSSR count). The average Bonchev–Trinajstić information content (AvgIpc) is 3.12. The molecular weight excluding hydrogens is 466 g/mol. The van der Waals surface area contributed by atoms with E-state index in [4.69, 9.17) is 21.1 Å². The number of carbonyl (C=O) groups is 2. The van der Waals surface area contributed by atoms with Crippen LogP contribution in [0.15, 0.2) is 66.7 Å².